The summed E-state index contributed by atoms with van der Waals surface area (Å²) in [6.07, 6.45) is 3.00. The molecule has 66 valence electrons. The van der Waals surface area contributed by atoms with Gasteiger partial charge in [0.05, 0.1) is 6.04 Å². The van der Waals surface area contributed by atoms with E-state index >= 15 is 0 Å². The summed E-state index contributed by atoms with van der Waals surface area (Å²) < 4.78 is 0. The van der Waals surface area contributed by atoms with Gasteiger partial charge in [-0.1, -0.05) is 0 Å². The lowest BCUT2D eigenvalue weighted by molar-refractivity contribution is 0.468. The number of aromatic nitrogens is 1. The maximum Gasteiger partial charge on any atom is 0.110 e. The van der Waals surface area contributed by atoms with Crippen LogP contribution in [0, 0.1) is 5.92 Å². The van der Waals surface area contributed by atoms with Gasteiger partial charge in [0.2, 0.25) is 0 Å². The summed E-state index contributed by atoms with van der Waals surface area (Å²) in [7, 11) is 0. The molecule has 0 aromatic carbocycles. The Hall–Kier alpha value is -0.450. The zero-order chi connectivity index (χ0) is 8.39. The molecule has 1 aliphatic rings. The summed E-state index contributed by atoms with van der Waals surface area (Å²) in [4.78, 5) is 4.23. The van der Waals surface area contributed by atoms with Crippen LogP contribution in [0.15, 0.2) is 11.6 Å². The van der Waals surface area contributed by atoms with E-state index < -0.39 is 0 Å². The van der Waals surface area contributed by atoms with Gasteiger partial charge in [0.1, 0.15) is 5.01 Å². The molecule has 2 heterocycles. The fourth-order valence-corrected chi connectivity index (χ4v) is 2.32. The summed E-state index contributed by atoms with van der Waals surface area (Å²) in [5, 5.41) is 6.37. The van der Waals surface area contributed by atoms with Crippen LogP contribution in [-0.4, -0.2) is 18.1 Å². The monoisotopic (exact) mass is 183 g/mol. The molecule has 3 N–H and O–H groups in total. The molecule has 1 unspecified atom stereocenters. The van der Waals surface area contributed by atoms with Gasteiger partial charge in [-0.2, -0.15) is 0 Å². The highest BCUT2D eigenvalue weighted by molar-refractivity contribution is 7.09. The topological polar surface area (TPSA) is 50.9 Å². The largest absolute Gasteiger partial charge is 0.322 e. The van der Waals surface area contributed by atoms with Gasteiger partial charge >= 0.3 is 0 Å². The third-order valence-electron chi connectivity index (χ3n) is 2.34. The third kappa shape index (κ3) is 1.50. The lowest BCUT2D eigenvalue weighted by Crippen LogP contribution is -2.23. The van der Waals surface area contributed by atoms with Gasteiger partial charge in [0.15, 0.2) is 0 Å². The van der Waals surface area contributed by atoms with Crippen molar-refractivity contribution < 1.29 is 0 Å². The zero-order valence-corrected chi connectivity index (χ0v) is 7.68. The van der Waals surface area contributed by atoms with Gasteiger partial charge in [-0.05, 0) is 25.4 Å². The van der Waals surface area contributed by atoms with Crippen LogP contribution in [0.3, 0.4) is 0 Å². The molecule has 1 fully saturated rings. The predicted molar refractivity (Wildman–Crippen MR) is 50.0 cm³/mol. The lowest BCUT2D eigenvalue weighted by atomic mass is 10.0. The van der Waals surface area contributed by atoms with E-state index in [0.717, 1.165) is 18.1 Å². The summed E-state index contributed by atoms with van der Waals surface area (Å²) >= 11 is 1.65. The van der Waals surface area contributed by atoms with Crippen LogP contribution in [0.5, 0.6) is 0 Å². The number of hydrogen-bond donors (Lipinski definition) is 2. The first-order valence-corrected chi connectivity index (χ1v) is 5.11. The molecule has 0 bridgehead atoms. The van der Waals surface area contributed by atoms with Gasteiger partial charge in [0, 0.05) is 11.6 Å². The standard InChI is InChI=1S/C8H13N3S/c9-7(6-1-2-10-5-6)8-11-3-4-12-8/h3-4,6-7,10H,1-2,5,9H2/t6-,7?/m1/s1. The van der Waals surface area contributed by atoms with Gasteiger partial charge < -0.3 is 11.1 Å². The Morgan fingerprint density at radius 1 is 1.75 bits per heavy atom. The van der Waals surface area contributed by atoms with Crippen LogP contribution < -0.4 is 11.1 Å². The van der Waals surface area contributed by atoms with Crippen molar-refractivity contribution in [1.82, 2.24) is 10.3 Å². The molecule has 0 spiro atoms. The minimum atomic E-state index is 0.139. The quantitative estimate of drug-likeness (QED) is 0.711. The summed E-state index contributed by atoms with van der Waals surface area (Å²) in [6, 6.07) is 0.139. The van der Waals surface area contributed by atoms with Crippen LogP contribution >= 0.6 is 11.3 Å². The molecule has 0 radical (unpaired) electrons. The van der Waals surface area contributed by atoms with Crippen molar-refractivity contribution in [2.45, 2.75) is 12.5 Å². The Morgan fingerprint density at radius 3 is 3.25 bits per heavy atom. The second-order valence-electron chi connectivity index (χ2n) is 3.15. The SMILES string of the molecule is NC(c1nccs1)[C@@H]1CCNC1. The number of nitrogens with zero attached hydrogens (tertiary/aromatic N) is 1. The van der Waals surface area contributed by atoms with Crippen LogP contribution in [0.25, 0.3) is 0 Å². The second-order valence-corrected chi connectivity index (χ2v) is 4.08. The molecule has 1 saturated heterocycles. The summed E-state index contributed by atoms with van der Waals surface area (Å²) in [5.74, 6) is 0.580. The van der Waals surface area contributed by atoms with Crippen LogP contribution in [-0.2, 0) is 0 Å². The highest BCUT2D eigenvalue weighted by atomic mass is 32.1. The lowest BCUT2D eigenvalue weighted by Gasteiger charge is -2.14. The van der Waals surface area contributed by atoms with Gasteiger partial charge in [-0.15, -0.1) is 11.3 Å². The Morgan fingerprint density at radius 2 is 2.67 bits per heavy atom. The molecule has 2 atom stereocenters. The molecule has 12 heavy (non-hydrogen) atoms. The van der Waals surface area contributed by atoms with Crippen molar-refractivity contribution in [1.29, 1.82) is 0 Å². The number of rotatable bonds is 2. The fourth-order valence-electron chi connectivity index (χ4n) is 1.58. The first-order valence-electron chi connectivity index (χ1n) is 4.23. The number of thiazole rings is 1. The fraction of sp³-hybridized carbons (Fsp3) is 0.625. The van der Waals surface area contributed by atoms with Crippen LogP contribution in [0.2, 0.25) is 0 Å². The Balaban J connectivity index is 2.04. The van der Waals surface area contributed by atoms with Crippen molar-refractivity contribution in [3.05, 3.63) is 16.6 Å². The maximum atomic E-state index is 6.05. The van der Waals surface area contributed by atoms with Crippen molar-refractivity contribution in [2.24, 2.45) is 11.7 Å². The molecule has 4 heteroatoms. The highest BCUT2D eigenvalue weighted by Crippen LogP contribution is 2.25. The smallest absolute Gasteiger partial charge is 0.110 e. The highest BCUT2D eigenvalue weighted by Gasteiger charge is 2.24. The van der Waals surface area contributed by atoms with Crippen molar-refractivity contribution in [3.8, 4) is 0 Å². The first-order chi connectivity index (χ1) is 5.88. The molecule has 3 nitrogen and oxygen atoms in total. The second kappa shape index (κ2) is 3.51. The van der Waals surface area contributed by atoms with Gasteiger partial charge in [-0.3, -0.25) is 0 Å². The summed E-state index contributed by atoms with van der Waals surface area (Å²) in [6.45, 7) is 2.14. The molecule has 1 aromatic heterocycles. The van der Waals surface area contributed by atoms with E-state index in [9.17, 15) is 0 Å². The predicted octanol–water partition coefficient (Wildman–Crippen LogP) is 0.752. The van der Waals surface area contributed by atoms with Crippen LogP contribution in [0.4, 0.5) is 0 Å². The molecular weight excluding hydrogens is 170 g/mol. The van der Waals surface area contributed by atoms with E-state index in [4.69, 9.17) is 5.73 Å². The van der Waals surface area contributed by atoms with Gasteiger partial charge in [-0.25, -0.2) is 4.98 Å². The van der Waals surface area contributed by atoms with Crippen LogP contribution in [0.1, 0.15) is 17.5 Å². The molecule has 2 rings (SSSR count). The summed E-state index contributed by atoms with van der Waals surface area (Å²) in [5.41, 5.74) is 6.05. The molecule has 0 saturated carbocycles. The Kier molecular flexibility index (Phi) is 2.39. The van der Waals surface area contributed by atoms with E-state index in [-0.39, 0.29) is 6.04 Å². The first kappa shape index (κ1) is 8.16. The maximum absolute atomic E-state index is 6.05. The van der Waals surface area contributed by atoms with E-state index in [1.54, 1.807) is 11.3 Å². The minimum absolute atomic E-state index is 0.139. The molecule has 1 aromatic rings. The number of hydrogen-bond acceptors (Lipinski definition) is 4. The van der Waals surface area contributed by atoms with E-state index in [2.05, 4.69) is 10.3 Å². The zero-order valence-electron chi connectivity index (χ0n) is 6.86. The molecule has 0 amide bonds. The normalized spacial score (nSPS) is 25.9. The average Bonchev–Trinajstić information content (AvgIpc) is 2.77. The average molecular weight is 183 g/mol. The number of nitrogens with two attached hydrogens (primary N) is 1. The van der Waals surface area contributed by atoms with E-state index in [1.807, 2.05) is 11.6 Å². The Bertz CT molecular complexity index is 228. The molecular formula is C8H13N3S. The van der Waals surface area contributed by atoms with Crippen molar-refractivity contribution in [3.63, 3.8) is 0 Å². The van der Waals surface area contributed by atoms with Crippen molar-refractivity contribution in [2.75, 3.05) is 13.1 Å². The van der Waals surface area contributed by atoms with Gasteiger partial charge in [0.25, 0.3) is 0 Å². The Labute approximate surface area is 76.0 Å². The van der Waals surface area contributed by atoms with E-state index in [0.29, 0.717) is 5.92 Å². The molecule has 1 aliphatic heterocycles. The minimum Gasteiger partial charge on any atom is -0.322 e. The third-order valence-corrected chi connectivity index (χ3v) is 3.22. The molecule has 0 aliphatic carbocycles. The number of nitrogens with one attached hydrogen (secondary N) is 1. The van der Waals surface area contributed by atoms with Crippen molar-refractivity contribution >= 4 is 11.3 Å². The van der Waals surface area contributed by atoms with E-state index in [1.165, 1.54) is 6.42 Å².